The second-order valence-electron chi connectivity index (χ2n) is 6.31. The lowest BCUT2D eigenvalue weighted by molar-refractivity contribution is -0.128. The lowest BCUT2D eigenvalue weighted by Gasteiger charge is -2.42. The van der Waals surface area contributed by atoms with E-state index in [1.165, 1.54) is 0 Å². The van der Waals surface area contributed by atoms with Gasteiger partial charge in [-0.15, -0.1) is 0 Å². The molecule has 1 aromatic rings. The number of halogens is 1. The van der Waals surface area contributed by atoms with E-state index in [-0.39, 0.29) is 18.1 Å². The number of hydrogen-bond acceptors (Lipinski definition) is 4. The minimum atomic E-state index is -0.271. The number of nitrogens with one attached hydrogen (secondary N) is 1. The molecule has 0 radical (unpaired) electrons. The van der Waals surface area contributed by atoms with Crippen LogP contribution in [0.25, 0.3) is 6.08 Å². The first-order valence-electron chi connectivity index (χ1n) is 7.91. The SMILES string of the molecule is CC(C)NC1(CO)CCN(C(=O)/C=C/c2ccnc(Cl)c2)CC1. The highest BCUT2D eigenvalue weighted by Gasteiger charge is 2.35. The van der Waals surface area contributed by atoms with Crippen LogP contribution in [0.3, 0.4) is 0 Å². The first-order valence-corrected chi connectivity index (χ1v) is 8.29. The highest BCUT2D eigenvalue weighted by molar-refractivity contribution is 6.29. The number of aliphatic hydroxyl groups excluding tert-OH is 1. The molecule has 126 valence electrons. The van der Waals surface area contributed by atoms with Gasteiger partial charge in [0.05, 0.1) is 6.61 Å². The minimum Gasteiger partial charge on any atom is -0.394 e. The number of likely N-dealkylation sites (tertiary alicyclic amines) is 1. The lowest BCUT2D eigenvalue weighted by atomic mass is 9.87. The molecule has 0 saturated carbocycles. The predicted molar refractivity (Wildman–Crippen MR) is 92.2 cm³/mol. The largest absolute Gasteiger partial charge is 0.394 e. The van der Waals surface area contributed by atoms with Crippen molar-refractivity contribution in [1.82, 2.24) is 15.2 Å². The molecular formula is C17H24ClN3O2. The maximum Gasteiger partial charge on any atom is 0.246 e. The first-order chi connectivity index (χ1) is 10.9. The van der Waals surface area contributed by atoms with E-state index in [0.29, 0.717) is 24.3 Å². The average Bonchev–Trinajstić information content (AvgIpc) is 2.53. The third-order valence-electron chi connectivity index (χ3n) is 4.10. The van der Waals surface area contributed by atoms with Crippen molar-refractivity contribution in [3.8, 4) is 0 Å². The first kappa shape index (κ1) is 17.9. The number of carbonyl (C=O) groups excluding carboxylic acids is 1. The van der Waals surface area contributed by atoms with E-state index in [9.17, 15) is 9.90 Å². The number of nitrogens with zero attached hydrogens (tertiary/aromatic N) is 2. The van der Waals surface area contributed by atoms with Gasteiger partial charge in [-0.25, -0.2) is 4.98 Å². The van der Waals surface area contributed by atoms with Gasteiger partial charge in [-0.2, -0.15) is 0 Å². The summed E-state index contributed by atoms with van der Waals surface area (Å²) in [6.45, 7) is 5.51. The Labute approximate surface area is 142 Å². The van der Waals surface area contributed by atoms with Gasteiger partial charge in [-0.3, -0.25) is 4.79 Å². The summed E-state index contributed by atoms with van der Waals surface area (Å²) in [7, 11) is 0. The second kappa shape index (κ2) is 7.90. The van der Waals surface area contributed by atoms with Gasteiger partial charge in [-0.1, -0.05) is 25.4 Å². The lowest BCUT2D eigenvalue weighted by Crippen LogP contribution is -2.58. The summed E-state index contributed by atoms with van der Waals surface area (Å²) in [4.78, 5) is 18.0. The van der Waals surface area contributed by atoms with Crippen LogP contribution in [0.15, 0.2) is 24.4 Å². The summed E-state index contributed by atoms with van der Waals surface area (Å²) in [6.07, 6.45) is 6.43. The van der Waals surface area contributed by atoms with Crippen molar-refractivity contribution in [1.29, 1.82) is 0 Å². The zero-order valence-electron chi connectivity index (χ0n) is 13.6. The molecule has 2 N–H and O–H groups in total. The van der Waals surface area contributed by atoms with Crippen LogP contribution in [0.2, 0.25) is 5.15 Å². The van der Waals surface area contributed by atoms with Gasteiger partial charge >= 0.3 is 0 Å². The molecule has 1 aliphatic heterocycles. The molecule has 2 rings (SSSR count). The van der Waals surface area contributed by atoms with E-state index in [4.69, 9.17) is 11.6 Å². The third-order valence-corrected chi connectivity index (χ3v) is 4.31. The summed E-state index contributed by atoms with van der Waals surface area (Å²) in [6, 6.07) is 3.82. The second-order valence-corrected chi connectivity index (χ2v) is 6.70. The predicted octanol–water partition coefficient (Wildman–Crippen LogP) is 2.10. The van der Waals surface area contributed by atoms with Crippen LogP contribution in [-0.2, 0) is 4.79 Å². The molecule has 0 bridgehead atoms. The number of carbonyl (C=O) groups is 1. The fourth-order valence-corrected chi connectivity index (χ4v) is 3.09. The molecule has 1 saturated heterocycles. The standard InChI is InChI=1S/C17H24ClN3O2/c1-13(2)20-17(12-22)6-9-21(10-7-17)16(23)4-3-14-5-8-19-15(18)11-14/h3-5,8,11,13,20,22H,6-7,9-10,12H2,1-2H3/b4-3+. The summed E-state index contributed by atoms with van der Waals surface area (Å²) in [5, 5.41) is 13.5. The Hall–Kier alpha value is -1.43. The molecule has 0 aliphatic carbocycles. The molecule has 2 heterocycles. The van der Waals surface area contributed by atoms with Crippen molar-refractivity contribution >= 4 is 23.6 Å². The van der Waals surface area contributed by atoms with E-state index in [1.54, 1.807) is 30.5 Å². The summed E-state index contributed by atoms with van der Waals surface area (Å²) >= 11 is 5.83. The fourth-order valence-electron chi connectivity index (χ4n) is 2.91. The third kappa shape index (κ3) is 5.03. The van der Waals surface area contributed by atoms with Gasteiger partial charge in [0.25, 0.3) is 0 Å². The molecule has 1 aliphatic rings. The van der Waals surface area contributed by atoms with E-state index in [1.807, 2.05) is 4.90 Å². The van der Waals surface area contributed by atoms with E-state index in [2.05, 4.69) is 24.1 Å². The molecule has 0 spiro atoms. The smallest absolute Gasteiger partial charge is 0.246 e. The Morgan fingerprint density at radius 3 is 2.78 bits per heavy atom. The van der Waals surface area contributed by atoms with Gasteiger partial charge < -0.3 is 15.3 Å². The Morgan fingerprint density at radius 2 is 2.22 bits per heavy atom. The normalized spacial score (nSPS) is 17.9. The number of aliphatic hydroxyl groups is 1. The van der Waals surface area contributed by atoms with Gasteiger partial charge in [0.1, 0.15) is 5.15 Å². The number of rotatable bonds is 5. The van der Waals surface area contributed by atoms with Gasteiger partial charge in [0, 0.05) is 36.9 Å². The average molecular weight is 338 g/mol. The monoisotopic (exact) mass is 337 g/mol. The zero-order chi connectivity index (χ0) is 16.9. The van der Waals surface area contributed by atoms with Crippen LogP contribution in [0, 0.1) is 0 Å². The van der Waals surface area contributed by atoms with Crippen LogP contribution in [0.4, 0.5) is 0 Å². The zero-order valence-corrected chi connectivity index (χ0v) is 14.4. The van der Waals surface area contributed by atoms with Gasteiger partial charge in [-0.05, 0) is 36.6 Å². The molecule has 5 nitrogen and oxygen atoms in total. The minimum absolute atomic E-state index is 0.0194. The Balaban J connectivity index is 1.93. The van der Waals surface area contributed by atoms with Crippen LogP contribution >= 0.6 is 11.6 Å². The maximum atomic E-state index is 12.3. The summed E-state index contributed by atoms with van der Waals surface area (Å²) in [5.74, 6) is -0.0194. The van der Waals surface area contributed by atoms with Crippen molar-refractivity contribution in [2.45, 2.75) is 38.3 Å². The van der Waals surface area contributed by atoms with Gasteiger partial charge in [0.2, 0.25) is 5.91 Å². The number of aromatic nitrogens is 1. The number of hydrogen-bond donors (Lipinski definition) is 2. The molecule has 1 aromatic heterocycles. The Bertz CT molecular complexity index is 567. The molecule has 1 fully saturated rings. The summed E-state index contributed by atoms with van der Waals surface area (Å²) in [5.41, 5.74) is 0.578. The Kier molecular flexibility index (Phi) is 6.16. The van der Waals surface area contributed by atoms with E-state index < -0.39 is 0 Å². The van der Waals surface area contributed by atoms with Crippen LogP contribution in [0.1, 0.15) is 32.3 Å². The molecule has 1 amide bonds. The highest BCUT2D eigenvalue weighted by Crippen LogP contribution is 2.23. The quantitative estimate of drug-likeness (QED) is 0.638. The topological polar surface area (TPSA) is 65.5 Å². The fraction of sp³-hybridized carbons (Fsp3) is 0.529. The van der Waals surface area contributed by atoms with Gasteiger partial charge in [0.15, 0.2) is 0 Å². The van der Waals surface area contributed by atoms with E-state index >= 15 is 0 Å². The molecular weight excluding hydrogens is 314 g/mol. The highest BCUT2D eigenvalue weighted by atomic mass is 35.5. The van der Waals surface area contributed by atoms with Crippen molar-refractivity contribution in [3.63, 3.8) is 0 Å². The van der Waals surface area contributed by atoms with Crippen LogP contribution in [0.5, 0.6) is 0 Å². The molecule has 23 heavy (non-hydrogen) atoms. The van der Waals surface area contributed by atoms with Crippen molar-refractivity contribution in [2.75, 3.05) is 19.7 Å². The number of pyridine rings is 1. The number of piperidine rings is 1. The van der Waals surface area contributed by atoms with Crippen LogP contribution in [-0.4, -0.2) is 52.2 Å². The summed E-state index contributed by atoms with van der Waals surface area (Å²) < 4.78 is 0. The maximum absolute atomic E-state index is 12.3. The van der Waals surface area contributed by atoms with E-state index in [0.717, 1.165) is 18.4 Å². The molecule has 0 aromatic carbocycles. The number of amides is 1. The van der Waals surface area contributed by atoms with Crippen molar-refractivity contribution in [2.24, 2.45) is 0 Å². The van der Waals surface area contributed by atoms with Crippen molar-refractivity contribution in [3.05, 3.63) is 35.1 Å². The molecule has 6 heteroatoms. The molecule has 0 atom stereocenters. The van der Waals surface area contributed by atoms with Crippen LogP contribution < -0.4 is 5.32 Å². The Morgan fingerprint density at radius 1 is 1.52 bits per heavy atom. The van der Waals surface area contributed by atoms with Crippen molar-refractivity contribution < 1.29 is 9.90 Å². The molecule has 0 unspecified atom stereocenters.